The number of piperidine rings is 1. The second-order valence-electron chi connectivity index (χ2n) is 4.58. The molecule has 1 aromatic heterocycles. The number of halogens is 1. The summed E-state index contributed by atoms with van der Waals surface area (Å²) in [4.78, 5) is 8.48. The molecule has 5 heteroatoms. The second kappa shape index (κ2) is 6.69. The first-order chi connectivity index (χ1) is 7.69. The molecule has 0 unspecified atom stereocenters. The van der Waals surface area contributed by atoms with E-state index in [-0.39, 0.29) is 12.4 Å². The van der Waals surface area contributed by atoms with E-state index in [4.69, 9.17) is 0 Å². The van der Waals surface area contributed by atoms with E-state index in [0.717, 1.165) is 12.6 Å². The van der Waals surface area contributed by atoms with Crippen molar-refractivity contribution in [3.63, 3.8) is 0 Å². The summed E-state index contributed by atoms with van der Waals surface area (Å²) < 4.78 is 0. The van der Waals surface area contributed by atoms with Gasteiger partial charge < -0.3 is 5.32 Å². The van der Waals surface area contributed by atoms with Gasteiger partial charge in [-0.3, -0.25) is 4.90 Å². The van der Waals surface area contributed by atoms with Crippen molar-refractivity contribution < 1.29 is 0 Å². The van der Waals surface area contributed by atoms with Crippen molar-refractivity contribution in [1.29, 1.82) is 0 Å². The molecule has 1 aliphatic heterocycles. The van der Waals surface area contributed by atoms with Gasteiger partial charge in [0.25, 0.3) is 0 Å². The van der Waals surface area contributed by atoms with Gasteiger partial charge in [0.15, 0.2) is 0 Å². The maximum Gasteiger partial charge on any atom is 0.0900 e. The number of hydrogen-bond donors (Lipinski definition) is 1. The van der Waals surface area contributed by atoms with Crippen LogP contribution in [0.5, 0.6) is 0 Å². The third-order valence-corrected chi connectivity index (χ3v) is 4.42. The highest BCUT2D eigenvalue weighted by molar-refractivity contribution is 7.11. The summed E-state index contributed by atoms with van der Waals surface area (Å²) >= 11 is 1.85. The fourth-order valence-electron chi connectivity index (χ4n) is 2.30. The monoisotopic (exact) mass is 275 g/mol. The molecule has 1 aromatic rings. The Morgan fingerprint density at radius 2 is 2.00 bits per heavy atom. The Bertz CT molecular complexity index is 346. The van der Waals surface area contributed by atoms with Crippen LogP contribution in [0.1, 0.15) is 28.4 Å². The van der Waals surface area contributed by atoms with Crippen LogP contribution in [0.2, 0.25) is 0 Å². The summed E-state index contributed by atoms with van der Waals surface area (Å²) in [5.41, 5.74) is 1.22. The SMILES string of the molecule is CNC1CCN(Cc2sc(C)nc2C)CC1.Cl. The molecule has 1 saturated heterocycles. The Kier molecular flexibility index (Phi) is 5.86. The molecule has 0 atom stereocenters. The molecule has 3 nitrogen and oxygen atoms in total. The number of aryl methyl sites for hydroxylation is 2. The Labute approximate surface area is 114 Å². The molecule has 0 spiro atoms. The lowest BCUT2D eigenvalue weighted by Crippen LogP contribution is -2.40. The van der Waals surface area contributed by atoms with Crippen LogP contribution >= 0.6 is 23.7 Å². The largest absolute Gasteiger partial charge is 0.317 e. The summed E-state index contributed by atoms with van der Waals surface area (Å²) in [5.74, 6) is 0. The van der Waals surface area contributed by atoms with Crippen LogP contribution in [0.15, 0.2) is 0 Å². The van der Waals surface area contributed by atoms with Crippen molar-refractivity contribution in [2.24, 2.45) is 0 Å². The number of rotatable bonds is 3. The first-order valence-corrected chi connectivity index (χ1v) is 6.83. The van der Waals surface area contributed by atoms with Gasteiger partial charge in [0.1, 0.15) is 0 Å². The molecule has 0 radical (unpaired) electrons. The lowest BCUT2D eigenvalue weighted by atomic mass is 10.1. The molecule has 0 amide bonds. The summed E-state index contributed by atoms with van der Waals surface area (Å²) in [6.07, 6.45) is 2.54. The minimum atomic E-state index is 0. The predicted octanol–water partition coefficient (Wildman–Crippen LogP) is 2.37. The minimum Gasteiger partial charge on any atom is -0.317 e. The van der Waals surface area contributed by atoms with Gasteiger partial charge in [-0.25, -0.2) is 4.98 Å². The van der Waals surface area contributed by atoms with Gasteiger partial charge in [0, 0.05) is 30.6 Å². The van der Waals surface area contributed by atoms with Gasteiger partial charge in [0.05, 0.1) is 10.7 Å². The molecular weight excluding hydrogens is 254 g/mol. The average molecular weight is 276 g/mol. The van der Waals surface area contributed by atoms with Crippen LogP contribution < -0.4 is 5.32 Å². The minimum absolute atomic E-state index is 0. The Hall–Kier alpha value is -0.160. The van der Waals surface area contributed by atoms with Crippen LogP contribution in [0.25, 0.3) is 0 Å². The predicted molar refractivity (Wildman–Crippen MR) is 76.2 cm³/mol. The van der Waals surface area contributed by atoms with E-state index >= 15 is 0 Å². The molecule has 1 N–H and O–H groups in total. The quantitative estimate of drug-likeness (QED) is 0.918. The van der Waals surface area contributed by atoms with E-state index in [0.29, 0.717) is 0 Å². The molecule has 1 aliphatic rings. The van der Waals surface area contributed by atoms with Gasteiger partial charge in [-0.2, -0.15) is 0 Å². The van der Waals surface area contributed by atoms with E-state index in [1.54, 1.807) is 0 Å². The third kappa shape index (κ3) is 3.91. The van der Waals surface area contributed by atoms with E-state index in [2.05, 4.69) is 36.1 Å². The van der Waals surface area contributed by atoms with Gasteiger partial charge in [0.2, 0.25) is 0 Å². The van der Waals surface area contributed by atoms with E-state index in [1.165, 1.54) is 41.5 Å². The highest BCUT2D eigenvalue weighted by atomic mass is 35.5. The maximum absolute atomic E-state index is 4.49. The van der Waals surface area contributed by atoms with Crippen LogP contribution in [-0.4, -0.2) is 36.1 Å². The van der Waals surface area contributed by atoms with Crippen molar-refractivity contribution in [3.05, 3.63) is 15.6 Å². The number of nitrogens with zero attached hydrogens (tertiary/aromatic N) is 2. The second-order valence-corrected chi connectivity index (χ2v) is 5.87. The highest BCUT2D eigenvalue weighted by Crippen LogP contribution is 2.21. The lowest BCUT2D eigenvalue weighted by Gasteiger charge is -2.31. The molecule has 1 fully saturated rings. The molecule has 0 bridgehead atoms. The van der Waals surface area contributed by atoms with Crippen molar-refractivity contribution in [3.8, 4) is 0 Å². The first kappa shape index (κ1) is 14.9. The molecular formula is C12H22ClN3S. The van der Waals surface area contributed by atoms with E-state index in [9.17, 15) is 0 Å². The highest BCUT2D eigenvalue weighted by Gasteiger charge is 2.18. The lowest BCUT2D eigenvalue weighted by molar-refractivity contribution is 0.195. The number of hydrogen-bond acceptors (Lipinski definition) is 4. The number of thiazole rings is 1. The fraction of sp³-hybridized carbons (Fsp3) is 0.750. The summed E-state index contributed by atoms with van der Waals surface area (Å²) in [6.45, 7) is 7.73. The summed E-state index contributed by atoms with van der Waals surface area (Å²) in [7, 11) is 2.07. The van der Waals surface area contributed by atoms with E-state index < -0.39 is 0 Å². The Morgan fingerprint density at radius 3 is 2.47 bits per heavy atom. The smallest absolute Gasteiger partial charge is 0.0900 e. The molecule has 2 rings (SSSR count). The van der Waals surface area contributed by atoms with Gasteiger partial charge in [-0.15, -0.1) is 23.7 Å². The molecule has 0 saturated carbocycles. The van der Waals surface area contributed by atoms with Crippen molar-refractivity contribution >= 4 is 23.7 Å². The number of nitrogens with one attached hydrogen (secondary N) is 1. The molecule has 98 valence electrons. The number of likely N-dealkylation sites (tertiary alicyclic amines) is 1. The molecule has 2 heterocycles. The molecule has 0 aromatic carbocycles. The third-order valence-electron chi connectivity index (χ3n) is 3.36. The van der Waals surface area contributed by atoms with Crippen LogP contribution in [-0.2, 0) is 6.54 Å². The Balaban J connectivity index is 0.00000144. The molecule has 17 heavy (non-hydrogen) atoms. The Morgan fingerprint density at radius 1 is 1.35 bits per heavy atom. The topological polar surface area (TPSA) is 28.2 Å². The standard InChI is InChI=1S/C12H21N3S.ClH/c1-9-12(16-10(2)14-9)8-15-6-4-11(13-3)5-7-15;/h11,13H,4-8H2,1-3H3;1H. The van der Waals surface area contributed by atoms with Crippen molar-refractivity contribution in [1.82, 2.24) is 15.2 Å². The maximum atomic E-state index is 4.49. The van der Waals surface area contributed by atoms with Crippen LogP contribution in [0.4, 0.5) is 0 Å². The van der Waals surface area contributed by atoms with Crippen molar-refractivity contribution in [2.45, 2.75) is 39.3 Å². The average Bonchev–Trinajstić information content (AvgIpc) is 2.59. The van der Waals surface area contributed by atoms with Crippen molar-refractivity contribution in [2.75, 3.05) is 20.1 Å². The van der Waals surface area contributed by atoms with Crippen LogP contribution in [0.3, 0.4) is 0 Å². The number of aromatic nitrogens is 1. The summed E-state index contributed by atoms with van der Waals surface area (Å²) in [6, 6.07) is 0.723. The first-order valence-electron chi connectivity index (χ1n) is 6.01. The summed E-state index contributed by atoms with van der Waals surface area (Å²) in [5, 5.41) is 4.56. The van der Waals surface area contributed by atoms with E-state index in [1.807, 2.05) is 11.3 Å². The van der Waals surface area contributed by atoms with Gasteiger partial charge >= 0.3 is 0 Å². The fourth-order valence-corrected chi connectivity index (χ4v) is 3.28. The zero-order chi connectivity index (χ0) is 11.5. The zero-order valence-electron chi connectivity index (χ0n) is 10.8. The zero-order valence-corrected chi connectivity index (χ0v) is 12.5. The van der Waals surface area contributed by atoms with Gasteiger partial charge in [-0.05, 0) is 33.7 Å². The van der Waals surface area contributed by atoms with Crippen LogP contribution in [0, 0.1) is 13.8 Å². The normalized spacial score (nSPS) is 18.1. The molecule has 0 aliphatic carbocycles. The van der Waals surface area contributed by atoms with Gasteiger partial charge in [-0.1, -0.05) is 0 Å².